The van der Waals surface area contributed by atoms with Crippen molar-refractivity contribution in [2.45, 2.75) is 32.4 Å². The molecule has 0 saturated carbocycles. The van der Waals surface area contributed by atoms with Crippen LogP contribution in [0.3, 0.4) is 0 Å². The fraction of sp³-hybridized carbons (Fsp3) is 0.294. The highest BCUT2D eigenvalue weighted by molar-refractivity contribution is 5.91. The third-order valence-electron chi connectivity index (χ3n) is 3.95. The number of phenols is 1. The number of carbonyl (C=O) groups excluding carboxylic acids is 2. The van der Waals surface area contributed by atoms with Crippen LogP contribution in [-0.4, -0.2) is 16.9 Å². The Morgan fingerprint density at radius 3 is 2.91 bits per heavy atom. The number of nitrogens with one attached hydrogen (secondary N) is 2. The maximum Gasteiger partial charge on any atom is 0.287 e. The molecule has 1 aliphatic rings. The fourth-order valence-corrected chi connectivity index (χ4v) is 2.82. The minimum absolute atomic E-state index is 0.131. The summed E-state index contributed by atoms with van der Waals surface area (Å²) in [6, 6.07) is 8.47. The van der Waals surface area contributed by atoms with E-state index in [9.17, 15) is 14.7 Å². The molecule has 0 spiro atoms. The van der Waals surface area contributed by atoms with E-state index < -0.39 is 0 Å². The van der Waals surface area contributed by atoms with Crippen LogP contribution in [0.25, 0.3) is 0 Å². The zero-order chi connectivity index (χ0) is 16.4. The molecule has 3 rings (SSSR count). The number of hydrogen-bond acceptors (Lipinski definition) is 4. The summed E-state index contributed by atoms with van der Waals surface area (Å²) in [7, 11) is 0. The molecule has 1 heterocycles. The molecule has 0 radical (unpaired) electrons. The van der Waals surface area contributed by atoms with E-state index in [2.05, 4.69) is 10.6 Å². The van der Waals surface area contributed by atoms with Gasteiger partial charge in [0.2, 0.25) is 5.91 Å². The predicted octanol–water partition coefficient (Wildman–Crippen LogP) is 2.04. The Morgan fingerprint density at radius 1 is 1.30 bits per heavy atom. The van der Waals surface area contributed by atoms with Crippen LogP contribution in [0, 0.1) is 0 Å². The van der Waals surface area contributed by atoms with Gasteiger partial charge in [-0.15, -0.1) is 0 Å². The molecule has 120 valence electrons. The summed E-state index contributed by atoms with van der Waals surface area (Å²) in [6.45, 7) is 1.67. The Labute approximate surface area is 133 Å². The first kappa shape index (κ1) is 15.1. The van der Waals surface area contributed by atoms with Crippen LogP contribution < -0.4 is 10.6 Å². The minimum atomic E-state index is -0.305. The van der Waals surface area contributed by atoms with Gasteiger partial charge >= 0.3 is 0 Å². The van der Waals surface area contributed by atoms with Gasteiger partial charge in [0, 0.05) is 6.92 Å². The van der Waals surface area contributed by atoms with Gasteiger partial charge < -0.3 is 20.2 Å². The Balaban J connectivity index is 1.67. The van der Waals surface area contributed by atoms with E-state index >= 15 is 0 Å². The number of aromatic hydroxyl groups is 1. The second-order valence-corrected chi connectivity index (χ2v) is 5.59. The monoisotopic (exact) mass is 314 g/mol. The van der Waals surface area contributed by atoms with Gasteiger partial charge in [0.05, 0.1) is 12.6 Å². The highest BCUT2D eigenvalue weighted by Crippen LogP contribution is 2.36. The lowest BCUT2D eigenvalue weighted by molar-refractivity contribution is -0.119. The Bertz CT molecular complexity index is 751. The molecule has 1 aromatic carbocycles. The summed E-state index contributed by atoms with van der Waals surface area (Å²) < 4.78 is 5.44. The Kier molecular flexibility index (Phi) is 4.06. The molecular weight excluding hydrogens is 296 g/mol. The summed E-state index contributed by atoms with van der Waals surface area (Å²) in [5.41, 5.74) is 1.84. The number of fused-ring (bicyclic) bond motifs is 1. The predicted molar refractivity (Wildman–Crippen MR) is 82.9 cm³/mol. The molecule has 0 bridgehead atoms. The van der Waals surface area contributed by atoms with Crippen molar-refractivity contribution >= 4 is 11.8 Å². The molecule has 0 aliphatic heterocycles. The summed E-state index contributed by atoms with van der Waals surface area (Å²) in [5, 5.41) is 15.4. The van der Waals surface area contributed by atoms with Gasteiger partial charge in [0.1, 0.15) is 11.5 Å². The molecule has 1 aliphatic carbocycles. The van der Waals surface area contributed by atoms with E-state index in [1.54, 1.807) is 24.3 Å². The second-order valence-electron chi connectivity index (χ2n) is 5.59. The molecule has 2 aromatic rings. The van der Waals surface area contributed by atoms with Crippen LogP contribution in [0.4, 0.5) is 0 Å². The van der Waals surface area contributed by atoms with Crippen LogP contribution in [0.5, 0.6) is 5.75 Å². The van der Waals surface area contributed by atoms with Crippen LogP contribution in [-0.2, 0) is 17.8 Å². The Hall–Kier alpha value is -2.76. The van der Waals surface area contributed by atoms with E-state index in [0.29, 0.717) is 5.76 Å². The number of phenolic OH excluding ortho intramolecular Hbond substituents is 1. The molecule has 6 heteroatoms. The van der Waals surface area contributed by atoms with E-state index in [4.69, 9.17) is 4.42 Å². The first-order valence-electron chi connectivity index (χ1n) is 7.49. The largest absolute Gasteiger partial charge is 0.508 e. The van der Waals surface area contributed by atoms with Crippen molar-refractivity contribution < 1.29 is 19.1 Å². The van der Waals surface area contributed by atoms with Crippen LogP contribution >= 0.6 is 0 Å². The van der Waals surface area contributed by atoms with Crippen molar-refractivity contribution in [3.8, 4) is 5.75 Å². The Morgan fingerprint density at radius 2 is 2.13 bits per heavy atom. The van der Waals surface area contributed by atoms with Gasteiger partial charge in [0.15, 0.2) is 5.76 Å². The number of amides is 2. The number of furan rings is 1. The molecular formula is C17H18N2O4. The first-order valence-corrected chi connectivity index (χ1v) is 7.49. The average Bonchev–Trinajstić information content (AvgIpc) is 3.13. The molecule has 23 heavy (non-hydrogen) atoms. The molecule has 6 nitrogen and oxygen atoms in total. The zero-order valence-corrected chi connectivity index (χ0v) is 12.8. The number of hydrogen-bond donors (Lipinski definition) is 3. The van der Waals surface area contributed by atoms with Crippen LogP contribution in [0.2, 0.25) is 0 Å². The first-order chi connectivity index (χ1) is 11.0. The second kappa shape index (κ2) is 6.16. The average molecular weight is 314 g/mol. The van der Waals surface area contributed by atoms with Crippen molar-refractivity contribution in [3.63, 3.8) is 0 Å². The maximum absolute atomic E-state index is 12.3. The van der Waals surface area contributed by atoms with Gasteiger partial charge in [0.25, 0.3) is 5.91 Å². The molecule has 1 atom stereocenters. The van der Waals surface area contributed by atoms with Gasteiger partial charge in [-0.25, -0.2) is 0 Å². The van der Waals surface area contributed by atoms with Gasteiger partial charge in [-0.3, -0.25) is 9.59 Å². The van der Waals surface area contributed by atoms with E-state index in [0.717, 1.165) is 24.0 Å². The lowest BCUT2D eigenvalue weighted by Gasteiger charge is -2.13. The molecule has 1 aromatic heterocycles. The molecule has 0 fully saturated rings. The minimum Gasteiger partial charge on any atom is -0.508 e. The molecule has 0 saturated heterocycles. The third-order valence-corrected chi connectivity index (χ3v) is 3.95. The van der Waals surface area contributed by atoms with Crippen molar-refractivity contribution in [2.75, 3.05) is 0 Å². The van der Waals surface area contributed by atoms with E-state index in [-0.39, 0.29) is 35.9 Å². The molecule has 1 unspecified atom stereocenters. The SMILES string of the molecule is CC(=O)NCc1ccc(C(=O)NC2CCc3c(O)cccc32)o1. The number of carbonyl (C=O) groups is 2. The lowest BCUT2D eigenvalue weighted by atomic mass is 10.1. The summed E-state index contributed by atoms with van der Waals surface area (Å²) in [4.78, 5) is 23.2. The molecule has 2 amide bonds. The topological polar surface area (TPSA) is 91.6 Å². The summed E-state index contributed by atoms with van der Waals surface area (Å²) in [6.07, 6.45) is 1.48. The van der Waals surface area contributed by atoms with Gasteiger partial charge in [-0.05, 0) is 42.2 Å². The maximum atomic E-state index is 12.3. The quantitative estimate of drug-likeness (QED) is 0.805. The van der Waals surface area contributed by atoms with Crippen molar-refractivity contribution in [2.24, 2.45) is 0 Å². The third kappa shape index (κ3) is 3.21. The van der Waals surface area contributed by atoms with Crippen molar-refractivity contribution in [1.82, 2.24) is 10.6 Å². The standard InChI is InChI=1S/C17H18N2O4/c1-10(20)18-9-11-5-8-16(23-11)17(22)19-14-7-6-13-12(14)3-2-4-15(13)21/h2-5,8,14,21H,6-7,9H2,1H3,(H,18,20)(H,19,22). The number of rotatable bonds is 4. The summed E-state index contributed by atoms with van der Waals surface area (Å²) >= 11 is 0. The van der Waals surface area contributed by atoms with Crippen LogP contribution in [0.1, 0.15) is 46.8 Å². The summed E-state index contributed by atoms with van der Waals surface area (Å²) in [5.74, 6) is 0.540. The highest BCUT2D eigenvalue weighted by atomic mass is 16.4. The van der Waals surface area contributed by atoms with Crippen molar-refractivity contribution in [1.29, 1.82) is 0 Å². The zero-order valence-electron chi connectivity index (χ0n) is 12.8. The highest BCUT2D eigenvalue weighted by Gasteiger charge is 2.27. The molecule has 3 N–H and O–H groups in total. The number of benzene rings is 1. The lowest BCUT2D eigenvalue weighted by Crippen LogP contribution is -2.26. The fourth-order valence-electron chi connectivity index (χ4n) is 2.82. The smallest absolute Gasteiger partial charge is 0.287 e. The van der Waals surface area contributed by atoms with Crippen LogP contribution in [0.15, 0.2) is 34.7 Å². The van der Waals surface area contributed by atoms with Crippen molar-refractivity contribution in [3.05, 3.63) is 53.0 Å². The van der Waals surface area contributed by atoms with Gasteiger partial charge in [-0.2, -0.15) is 0 Å². The van der Waals surface area contributed by atoms with E-state index in [1.807, 2.05) is 6.07 Å². The normalized spacial score (nSPS) is 16.0. The van der Waals surface area contributed by atoms with Gasteiger partial charge in [-0.1, -0.05) is 12.1 Å². The van der Waals surface area contributed by atoms with E-state index in [1.165, 1.54) is 6.92 Å².